The maximum absolute atomic E-state index is 13.1. The summed E-state index contributed by atoms with van der Waals surface area (Å²) in [4.78, 5) is 3.50. The molecule has 0 N–H and O–H groups in total. The summed E-state index contributed by atoms with van der Waals surface area (Å²) in [6.07, 6.45) is -2.16. The van der Waals surface area contributed by atoms with Gasteiger partial charge >= 0.3 is 0 Å². The van der Waals surface area contributed by atoms with E-state index < -0.39 is 17.8 Å². The fourth-order valence-electron chi connectivity index (χ4n) is 0.975. The molecule has 0 unspecified atom stereocenters. The molecule has 0 fully saturated rings. The predicted octanol–water partition coefficient (Wildman–Crippen LogP) is 2.99. The van der Waals surface area contributed by atoms with Gasteiger partial charge in [0.05, 0.1) is 18.1 Å². The van der Waals surface area contributed by atoms with Gasteiger partial charge in [-0.3, -0.25) is 0 Å². The zero-order valence-corrected chi connectivity index (χ0v) is 8.35. The molecule has 0 aromatic carbocycles. The van der Waals surface area contributed by atoms with Gasteiger partial charge in [-0.15, -0.1) is 0 Å². The minimum atomic E-state index is -2.95. The Morgan fingerprint density at radius 3 is 2.71 bits per heavy atom. The van der Waals surface area contributed by atoms with Crippen LogP contribution in [0.15, 0.2) is 10.8 Å². The van der Waals surface area contributed by atoms with E-state index in [2.05, 4.69) is 20.9 Å². The average molecular weight is 265 g/mol. The van der Waals surface area contributed by atoms with Gasteiger partial charge in [0.25, 0.3) is 6.43 Å². The summed E-state index contributed by atoms with van der Waals surface area (Å²) >= 11 is 2.70. The van der Waals surface area contributed by atoms with E-state index >= 15 is 0 Å². The van der Waals surface area contributed by atoms with Crippen molar-refractivity contribution in [2.75, 3.05) is 0 Å². The van der Waals surface area contributed by atoms with Gasteiger partial charge in [-0.25, -0.2) is 18.2 Å². The number of rotatable bonds is 2. The third-order valence-corrected chi connectivity index (χ3v) is 2.14. The second-order valence-electron chi connectivity index (χ2n) is 2.44. The summed E-state index contributed by atoms with van der Waals surface area (Å²) in [5, 5.41) is 8.33. The molecular weight excluding hydrogens is 261 g/mol. The Morgan fingerprint density at radius 2 is 2.21 bits per heavy atom. The minimum absolute atomic E-state index is 0.0804. The molecule has 6 heteroatoms. The van der Waals surface area contributed by atoms with Gasteiger partial charge in [-0.2, -0.15) is 5.26 Å². The van der Waals surface area contributed by atoms with Gasteiger partial charge in [0.2, 0.25) is 0 Å². The van der Waals surface area contributed by atoms with Crippen molar-refractivity contribution in [1.82, 2.24) is 4.98 Å². The van der Waals surface area contributed by atoms with Crippen LogP contribution in [0.2, 0.25) is 0 Å². The Morgan fingerprint density at radius 1 is 1.57 bits per heavy atom. The summed E-state index contributed by atoms with van der Waals surface area (Å²) in [6, 6.07) is 1.67. The fraction of sp³-hybridized carbons (Fsp3) is 0.250. The first-order chi connectivity index (χ1) is 6.57. The zero-order valence-electron chi connectivity index (χ0n) is 6.77. The van der Waals surface area contributed by atoms with Crippen molar-refractivity contribution in [3.05, 3.63) is 27.7 Å². The van der Waals surface area contributed by atoms with E-state index in [0.29, 0.717) is 0 Å². The molecule has 0 bridgehead atoms. The van der Waals surface area contributed by atoms with Crippen molar-refractivity contribution in [1.29, 1.82) is 5.26 Å². The van der Waals surface area contributed by atoms with E-state index in [1.807, 2.05) is 0 Å². The molecule has 0 aliphatic rings. The van der Waals surface area contributed by atoms with Gasteiger partial charge in [-0.1, -0.05) is 0 Å². The highest BCUT2D eigenvalue weighted by Crippen LogP contribution is 2.29. The molecule has 0 atom stereocenters. The van der Waals surface area contributed by atoms with Crippen LogP contribution in [0.3, 0.4) is 0 Å². The minimum Gasteiger partial charge on any atom is -0.246 e. The largest absolute Gasteiger partial charge is 0.267 e. The second kappa shape index (κ2) is 4.42. The van der Waals surface area contributed by atoms with E-state index in [1.165, 1.54) is 0 Å². The molecule has 0 amide bonds. The molecule has 14 heavy (non-hydrogen) atoms. The molecule has 1 aromatic heterocycles. The monoisotopic (exact) mass is 264 g/mol. The molecule has 0 radical (unpaired) electrons. The lowest BCUT2D eigenvalue weighted by atomic mass is 10.1. The Hall–Kier alpha value is -1.09. The summed E-state index contributed by atoms with van der Waals surface area (Å²) in [6.45, 7) is 0. The van der Waals surface area contributed by atoms with Crippen LogP contribution in [0.25, 0.3) is 0 Å². The van der Waals surface area contributed by atoms with E-state index in [-0.39, 0.29) is 16.6 Å². The Balaban J connectivity index is 3.31. The van der Waals surface area contributed by atoms with E-state index in [9.17, 15) is 13.2 Å². The number of nitrogens with zero attached hydrogens (tertiary/aromatic N) is 2. The number of alkyl halides is 2. The quantitative estimate of drug-likeness (QED) is 0.771. The Bertz CT molecular complexity index is 387. The average Bonchev–Trinajstić information content (AvgIpc) is 2.11. The zero-order chi connectivity index (χ0) is 10.7. The number of hydrogen-bond donors (Lipinski definition) is 0. The van der Waals surface area contributed by atoms with E-state index in [4.69, 9.17) is 5.26 Å². The highest BCUT2D eigenvalue weighted by Gasteiger charge is 2.21. The first-order valence-corrected chi connectivity index (χ1v) is 4.35. The molecule has 0 spiro atoms. The lowest BCUT2D eigenvalue weighted by Crippen LogP contribution is -2.01. The molecular formula is C8H4BrF3N2. The smallest absolute Gasteiger partial charge is 0.246 e. The predicted molar refractivity (Wildman–Crippen MR) is 46.2 cm³/mol. The van der Waals surface area contributed by atoms with Crippen molar-refractivity contribution in [2.45, 2.75) is 12.8 Å². The highest BCUT2D eigenvalue weighted by molar-refractivity contribution is 9.10. The van der Waals surface area contributed by atoms with Crippen molar-refractivity contribution >= 4 is 15.9 Å². The van der Waals surface area contributed by atoms with Crippen LogP contribution < -0.4 is 0 Å². The number of halogens is 4. The van der Waals surface area contributed by atoms with Gasteiger partial charge < -0.3 is 0 Å². The third kappa shape index (κ3) is 2.04. The topological polar surface area (TPSA) is 36.7 Å². The van der Waals surface area contributed by atoms with Crippen LogP contribution in [-0.4, -0.2) is 4.98 Å². The van der Waals surface area contributed by atoms with Crippen molar-refractivity contribution < 1.29 is 13.2 Å². The van der Waals surface area contributed by atoms with Gasteiger partial charge in [0.1, 0.15) is 4.60 Å². The van der Waals surface area contributed by atoms with Crippen molar-refractivity contribution in [3.8, 4) is 6.07 Å². The Labute approximate surface area is 86.5 Å². The summed E-state index contributed by atoms with van der Waals surface area (Å²) in [5.41, 5.74) is -0.836. The van der Waals surface area contributed by atoms with Crippen molar-refractivity contribution in [3.63, 3.8) is 0 Å². The summed E-state index contributed by atoms with van der Waals surface area (Å²) in [7, 11) is 0. The normalized spacial score (nSPS) is 10.3. The fourth-order valence-corrected chi connectivity index (χ4v) is 1.29. The first kappa shape index (κ1) is 11.0. The van der Waals surface area contributed by atoms with Crippen LogP contribution in [-0.2, 0) is 6.42 Å². The standard InChI is InChI=1S/C8H4BrF3N2/c9-7-6(10)5(8(11)12)4(1-2-13)3-14-7/h3,8H,1H2. The van der Waals surface area contributed by atoms with Gasteiger partial charge in [0.15, 0.2) is 5.82 Å². The second-order valence-corrected chi connectivity index (χ2v) is 3.19. The molecule has 1 rings (SSSR count). The van der Waals surface area contributed by atoms with Crippen LogP contribution in [0, 0.1) is 17.1 Å². The molecule has 0 saturated heterocycles. The van der Waals surface area contributed by atoms with E-state index in [1.54, 1.807) is 6.07 Å². The number of nitriles is 1. The maximum Gasteiger partial charge on any atom is 0.267 e. The highest BCUT2D eigenvalue weighted by atomic mass is 79.9. The molecule has 0 aliphatic carbocycles. The maximum atomic E-state index is 13.1. The van der Waals surface area contributed by atoms with E-state index in [0.717, 1.165) is 6.20 Å². The molecule has 0 saturated carbocycles. The number of hydrogen-bond acceptors (Lipinski definition) is 2. The first-order valence-electron chi connectivity index (χ1n) is 3.55. The summed E-state index contributed by atoms with van der Waals surface area (Å²) < 4.78 is 37.7. The molecule has 2 nitrogen and oxygen atoms in total. The molecule has 1 heterocycles. The van der Waals surface area contributed by atoms with Crippen LogP contribution >= 0.6 is 15.9 Å². The molecule has 74 valence electrons. The number of pyridine rings is 1. The SMILES string of the molecule is N#CCc1cnc(Br)c(F)c1C(F)F. The molecule has 0 aliphatic heterocycles. The Kier molecular flexibility index (Phi) is 3.47. The lowest BCUT2D eigenvalue weighted by Gasteiger charge is -2.07. The summed E-state index contributed by atoms with van der Waals surface area (Å²) in [5.74, 6) is -1.10. The van der Waals surface area contributed by atoms with Crippen LogP contribution in [0.5, 0.6) is 0 Å². The number of aromatic nitrogens is 1. The van der Waals surface area contributed by atoms with Crippen LogP contribution in [0.4, 0.5) is 13.2 Å². The lowest BCUT2D eigenvalue weighted by molar-refractivity contribution is 0.145. The van der Waals surface area contributed by atoms with Gasteiger partial charge in [-0.05, 0) is 21.5 Å². The van der Waals surface area contributed by atoms with Crippen LogP contribution in [0.1, 0.15) is 17.6 Å². The molecule has 1 aromatic rings. The van der Waals surface area contributed by atoms with Gasteiger partial charge in [0, 0.05) is 6.20 Å². The third-order valence-electron chi connectivity index (χ3n) is 1.58. The van der Waals surface area contributed by atoms with Crippen molar-refractivity contribution in [2.24, 2.45) is 0 Å².